The zero-order chi connectivity index (χ0) is 16.9. The summed E-state index contributed by atoms with van der Waals surface area (Å²) >= 11 is 1.86. The lowest BCUT2D eigenvalue weighted by Gasteiger charge is -2.27. The van der Waals surface area contributed by atoms with Crippen LogP contribution in [0, 0.1) is 0 Å². The van der Waals surface area contributed by atoms with Gasteiger partial charge in [0.25, 0.3) is 5.91 Å². The third-order valence-electron chi connectivity index (χ3n) is 4.40. The second-order valence-electron chi connectivity index (χ2n) is 6.35. The number of nitrogens with one attached hydrogen (secondary N) is 1. The molecule has 0 unspecified atom stereocenters. The van der Waals surface area contributed by atoms with Crippen molar-refractivity contribution in [2.24, 2.45) is 0 Å². The molecule has 1 aliphatic heterocycles. The first-order valence-electron chi connectivity index (χ1n) is 8.46. The maximum atomic E-state index is 12.5. The fourth-order valence-corrected chi connectivity index (χ4v) is 4.01. The predicted octanol–water partition coefficient (Wildman–Crippen LogP) is 3.98. The van der Waals surface area contributed by atoms with Crippen LogP contribution in [0.3, 0.4) is 0 Å². The number of carbonyl (C=O) groups excluding carboxylic acids is 1. The number of hydrogen-bond donors (Lipinski definition) is 1. The van der Waals surface area contributed by atoms with Gasteiger partial charge in [0.1, 0.15) is 0 Å². The number of nitrogens with zero attached hydrogens (tertiary/aromatic N) is 1. The van der Waals surface area contributed by atoms with Gasteiger partial charge in [-0.3, -0.25) is 4.79 Å². The Balaban J connectivity index is 1.59. The zero-order valence-electron chi connectivity index (χ0n) is 14.3. The van der Waals surface area contributed by atoms with E-state index in [0.717, 1.165) is 36.4 Å². The standard InChI is InChI=1S/C20H24N2OS/c1-15(8-9-16-6-4-3-5-7-16)21-20(23)17-10-11-19-18(14-17)22(2)12-13-24-19/h3-7,10-11,14-15H,8-9,12-13H2,1-2H3,(H,21,23)/t15-/m1/s1. The molecule has 0 bridgehead atoms. The van der Waals surface area contributed by atoms with Crippen molar-refractivity contribution in [1.29, 1.82) is 0 Å². The number of aryl methyl sites for hydroxylation is 1. The summed E-state index contributed by atoms with van der Waals surface area (Å²) in [6.45, 7) is 3.09. The molecule has 1 N–H and O–H groups in total. The highest BCUT2D eigenvalue weighted by atomic mass is 32.2. The lowest BCUT2D eigenvalue weighted by atomic mass is 10.1. The Hall–Kier alpha value is -1.94. The summed E-state index contributed by atoms with van der Waals surface area (Å²) in [4.78, 5) is 16.0. The number of thioether (sulfide) groups is 1. The Morgan fingerprint density at radius 2 is 2.04 bits per heavy atom. The maximum Gasteiger partial charge on any atom is 0.251 e. The van der Waals surface area contributed by atoms with E-state index in [0.29, 0.717) is 0 Å². The molecule has 0 aromatic heterocycles. The maximum absolute atomic E-state index is 12.5. The van der Waals surface area contributed by atoms with Crippen LogP contribution in [0.1, 0.15) is 29.3 Å². The highest BCUT2D eigenvalue weighted by Gasteiger charge is 2.17. The zero-order valence-corrected chi connectivity index (χ0v) is 15.1. The van der Waals surface area contributed by atoms with Gasteiger partial charge >= 0.3 is 0 Å². The minimum absolute atomic E-state index is 0.0161. The Kier molecular flexibility index (Phi) is 5.46. The third kappa shape index (κ3) is 4.12. The van der Waals surface area contributed by atoms with E-state index in [1.807, 2.05) is 30.0 Å². The highest BCUT2D eigenvalue weighted by Crippen LogP contribution is 2.34. The average molecular weight is 340 g/mol. The summed E-state index contributed by atoms with van der Waals surface area (Å²) in [5, 5.41) is 3.12. The van der Waals surface area contributed by atoms with E-state index in [4.69, 9.17) is 0 Å². The van der Waals surface area contributed by atoms with Crippen LogP contribution in [0.4, 0.5) is 5.69 Å². The Labute approximate surface area is 148 Å². The van der Waals surface area contributed by atoms with Gasteiger partial charge in [0.2, 0.25) is 0 Å². The van der Waals surface area contributed by atoms with Crippen LogP contribution in [0.15, 0.2) is 53.4 Å². The van der Waals surface area contributed by atoms with Gasteiger partial charge in [-0.05, 0) is 43.5 Å². The SMILES string of the molecule is C[C@H](CCc1ccccc1)NC(=O)c1ccc2c(c1)N(C)CCS2. The second-order valence-corrected chi connectivity index (χ2v) is 7.49. The first-order valence-corrected chi connectivity index (χ1v) is 9.45. The molecule has 3 nitrogen and oxygen atoms in total. The van der Waals surface area contributed by atoms with Crippen LogP contribution in [-0.2, 0) is 6.42 Å². The second kappa shape index (κ2) is 7.75. The van der Waals surface area contributed by atoms with E-state index in [1.165, 1.54) is 10.5 Å². The first kappa shape index (κ1) is 16.9. The topological polar surface area (TPSA) is 32.3 Å². The smallest absolute Gasteiger partial charge is 0.251 e. The quantitative estimate of drug-likeness (QED) is 0.893. The number of fused-ring (bicyclic) bond motifs is 1. The van der Waals surface area contributed by atoms with Crippen molar-refractivity contribution in [3.63, 3.8) is 0 Å². The number of hydrogen-bond acceptors (Lipinski definition) is 3. The van der Waals surface area contributed by atoms with E-state index in [1.54, 1.807) is 0 Å². The summed E-state index contributed by atoms with van der Waals surface area (Å²) in [6.07, 6.45) is 1.92. The normalized spacial score (nSPS) is 14.8. The number of carbonyl (C=O) groups is 1. The number of anilines is 1. The van der Waals surface area contributed by atoms with E-state index >= 15 is 0 Å². The van der Waals surface area contributed by atoms with Crippen molar-refractivity contribution in [1.82, 2.24) is 5.32 Å². The molecule has 0 saturated carbocycles. The number of rotatable bonds is 5. The van der Waals surface area contributed by atoms with Crippen LogP contribution in [-0.4, -0.2) is 31.3 Å². The van der Waals surface area contributed by atoms with Crippen LogP contribution >= 0.6 is 11.8 Å². The van der Waals surface area contributed by atoms with Gasteiger partial charge in [0.15, 0.2) is 0 Å². The summed E-state index contributed by atoms with van der Waals surface area (Å²) in [5.41, 5.74) is 3.22. The van der Waals surface area contributed by atoms with Crippen molar-refractivity contribution in [3.8, 4) is 0 Å². The van der Waals surface area contributed by atoms with E-state index < -0.39 is 0 Å². The molecule has 1 aliphatic rings. The summed E-state index contributed by atoms with van der Waals surface area (Å²) in [5.74, 6) is 1.12. The van der Waals surface area contributed by atoms with Crippen LogP contribution in [0.5, 0.6) is 0 Å². The van der Waals surface area contributed by atoms with Crippen molar-refractivity contribution in [2.45, 2.75) is 30.7 Å². The molecule has 1 amide bonds. The monoisotopic (exact) mass is 340 g/mol. The molecule has 24 heavy (non-hydrogen) atoms. The molecule has 3 rings (SSSR count). The molecule has 0 saturated heterocycles. The molecule has 0 fully saturated rings. The molecule has 126 valence electrons. The molecule has 1 atom stereocenters. The molecule has 0 aliphatic carbocycles. The molecule has 4 heteroatoms. The van der Waals surface area contributed by atoms with E-state index in [2.05, 4.69) is 54.5 Å². The average Bonchev–Trinajstić information content (AvgIpc) is 2.61. The minimum atomic E-state index is 0.0161. The lowest BCUT2D eigenvalue weighted by molar-refractivity contribution is 0.0938. The Morgan fingerprint density at radius 1 is 1.25 bits per heavy atom. The van der Waals surface area contributed by atoms with Crippen molar-refractivity contribution < 1.29 is 4.79 Å². The third-order valence-corrected chi connectivity index (χ3v) is 5.45. The summed E-state index contributed by atoms with van der Waals surface area (Å²) in [7, 11) is 2.09. The molecule has 0 spiro atoms. The van der Waals surface area contributed by atoms with Crippen LogP contribution in [0.25, 0.3) is 0 Å². The number of benzene rings is 2. The van der Waals surface area contributed by atoms with Crippen molar-refractivity contribution >= 4 is 23.4 Å². The van der Waals surface area contributed by atoms with E-state index in [9.17, 15) is 4.79 Å². The minimum Gasteiger partial charge on any atom is -0.373 e. The van der Waals surface area contributed by atoms with Crippen LogP contribution in [0.2, 0.25) is 0 Å². The first-order chi connectivity index (χ1) is 11.6. The number of amides is 1. The van der Waals surface area contributed by atoms with Gasteiger partial charge in [-0.2, -0.15) is 0 Å². The molecule has 1 heterocycles. The van der Waals surface area contributed by atoms with Gasteiger partial charge in [-0.25, -0.2) is 0 Å². The predicted molar refractivity (Wildman–Crippen MR) is 102 cm³/mol. The Morgan fingerprint density at radius 3 is 2.83 bits per heavy atom. The van der Waals surface area contributed by atoms with Crippen LogP contribution < -0.4 is 10.2 Å². The fourth-order valence-electron chi connectivity index (χ4n) is 2.90. The fraction of sp³-hybridized carbons (Fsp3) is 0.350. The Bertz CT molecular complexity index is 702. The van der Waals surface area contributed by atoms with Gasteiger partial charge in [-0.1, -0.05) is 30.3 Å². The highest BCUT2D eigenvalue weighted by molar-refractivity contribution is 7.99. The van der Waals surface area contributed by atoms with Crippen molar-refractivity contribution in [2.75, 3.05) is 24.2 Å². The molecular formula is C20H24N2OS. The summed E-state index contributed by atoms with van der Waals surface area (Å²) in [6, 6.07) is 16.6. The van der Waals surface area contributed by atoms with Gasteiger partial charge < -0.3 is 10.2 Å². The summed E-state index contributed by atoms with van der Waals surface area (Å²) < 4.78 is 0. The largest absolute Gasteiger partial charge is 0.373 e. The van der Waals surface area contributed by atoms with Crippen molar-refractivity contribution in [3.05, 3.63) is 59.7 Å². The van der Waals surface area contributed by atoms with E-state index in [-0.39, 0.29) is 11.9 Å². The molecule has 2 aromatic carbocycles. The molecular weight excluding hydrogens is 316 g/mol. The lowest BCUT2D eigenvalue weighted by Crippen LogP contribution is -2.33. The van der Waals surface area contributed by atoms with Gasteiger partial charge in [0.05, 0.1) is 5.69 Å². The molecule has 0 radical (unpaired) electrons. The molecule has 2 aromatic rings. The van der Waals surface area contributed by atoms with Gasteiger partial charge in [0, 0.05) is 35.8 Å². The van der Waals surface area contributed by atoms with Gasteiger partial charge in [-0.15, -0.1) is 11.8 Å².